The van der Waals surface area contributed by atoms with Crippen molar-refractivity contribution in [3.8, 4) is 11.8 Å². The summed E-state index contributed by atoms with van der Waals surface area (Å²) in [6.45, 7) is 0. The lowest BCUT2D eigenvalue weighted by molar-refractivity contribution is -0.103. The predicted molar refractivity (Wildman–Crippen MR) is 44.5 cm³/mol. The average Bonchev–Trinajstić information content (AvgIpc) is 2.15. The number of carbonyl (C=O) groups is 1. The first-order chi connectivity index (χ1) is 5.86. The Morgan fingerprint density at radius 1 is 1.50 bits per heavy atom. The summed E-state index contributed by atoms with van der Waals surface area (Å²) < 4.78 is 0. The molecule has 1 aromatic rings. The number of hydrogen-bond donors (Lipinski definition) is 1. The molecule has 0 aromatic carbocycles. The minimum atomic E-state index is 0.534. The zero-order valence-electron chi connectivity index (χ0n) is 6.53. The van der Waals surface area contributed by atoms with Crippen LogP contribution in [0.1, 0.15) is 5.56 Å². The van der Waals surface area contributed by atoms with Crippen molar-refractivity contribution in [1.82, 2.24) is 9.97 Å². The van der Waals surface area contributed by atoms with E-state index in [1.807, 2.05) is 0 Å². The normalized spacial score (nSPS) is 8.08. The lowest BCUT2D eigenvalue weighted by Crippen LogP contribution is -1.95. The third kappa shape index (κ3) is 2.06. The van der Waals surface area contributed by atoms with Crippen molar-refractivity contribution in [3.05, 3.63) is 18.0 Å². The fourth-order valence-electron chi connectivity index (χ4n) is 0.634. The summed E-state index contributed by atoms with van der Waals surface area (Å²) in [7, 11) is 1.73. The van der Waals surface area contributed by atoms with E-state index in [0.717, 1.165) is 0 Å². The van der Waals surface area contributed by atoms with Crippen LogP contribution in [-0.4, -0.2) is 23.3 Å². The Labute approximate surface area is 70.0 Å². The largest absolute Gasteiger partial charge is 0.357 e. The second kappa shape index (κ2) is 4.09. The van der Waals surface area contributed by atoms with Gasteiger partial charge in [-0.1, -0.05) is 5.92 Å². The number of nitrogens with one attached hydrogen (secondary N) is 1. The van der Waals surface area contributed by atoms with E-state index in [1.165, 1.54) is 0 Å². The Morgan fingerprint density at radius 2 is 2.17 bits per heavy atom. The van der Waals surface area contributed by atoms with Crippen LogP contribution in [0.15, 0.2) is 12.4 Å². The highest BCUT2D eigenvalue weighted by Gasteiger charge is 1.90. The second-order valence-electron chi connectivity index (χ2n) is 1.93. The fraction of sp³-hybridized carbons (Fsp3) is 0.125. The van der Waals surface area contributed by atoms with Crippen molar-refractivity contribution in [2.75, 3.05) is 12.4 Å². The number of nitrogens with zero attached hydrogens (tertiary/aromatic N) is 2. The minimum absolute atomic E-state index is 0.534. The highest BCUT2D eigenvalue weighted by Crippen LogP contribution is 1.96. The van der Waals surface area contributed by atoms with Gasteiger partial charge in [-0.05, 0) is 5.92 Å². The van der Waals surface area contributed by atoms with E-state index in [-0.39, 0.29) is 0 Å². The molecular weight excluding hydrogens is 154 g/mol. The van der Waals surface area contributed by atoms with Crippen LogP contribution in [0.2, 0.25) is 0 Å². The maximum Gasteiger partial charge on any atom is 0.222 e. The molecule has 1 rings (SSSR count). The minimum Gasteiger partial charge on any atom is -0.357 e. The lowest BCUT2D eigenvalue weighted by atomic mass is 10.3. The summed E-state index contributed by atoms with van der Waals surface area (Å²) in [4.78, 5) is 17.7. The maximum atomic E-state index is 9.87. The average molecular weight is 161 g/mol. The number of aldehydes is 1. The highest BCUT2D eigenvalue weighted by atomic mass is 16.1. The summed E-state index contributed by atoms with van der Waals surface area (Å²) in [6, 6.07) is 0. The molecule has 1 aromatic heterocycles. The first-order valence-corrected chi connectivity index (χ1v) is 3.32. The van der Waals surface area contributed by atoms with Crippen molar-refractivity contribution >= 4 is 12.2 Å². The number of anilines is 1. The Hall–Kier alpha value is -1.89. The molecule has 1 N–H and O–H groups in total. The van der Waals surface area contributed by atoms with Crippen LogP contribution in [-0.2, 0) is 4.79 Å². The molecule has 0 aliphatic rings. The summed E-state index contributed by atoms with van der Waals surface area (Å²) in [5, 5.41) is 2.77. The number of aromatic nitrogens is 2. The molecule has 12 heavy (non-hydrogen) atoms. The van der Waals surface area contributed by atoms with E-state index in [1.54, 1.807) is 19.4 Å². The molecule has 0 radical (unpaired) electrons. The van der Waals surface area contributed by atoms with Crippen LogP contribution in [0.3, 0.4) is 0 Å². The van der Waals surface area contributed by atoms with Crippen molar-refractivity contribution < 1.29 is 4.79 Å². The molecule has 0 bridgehead atoms. The molecule has 0 unspecified atom stereocenters. The first kappa shape index (κ1) is 8.21. The summed E-state index contributed by atoms with van der Waals surface area (Å²) in [6.07, 6.45) is 3.64. The predicted octanol–water partition coefficient (Wildman–Crippen LogP) is 0.0687. The van der Waals surface area contributed by atoms with Gasteiger partial charge in [0, 0.05) is 19.4 Å². The molecule has 0 atom stereocenters. The van der Waals surface area contributed by atoms with Gasteiger partial charge in [-0.15, -0.1) is 0 Å². The topological polar surface area (TPSA) is 54.9 Å². The lowest BCUT2D eigenvalue weighted by Gasteiger charge is -1.94. The quantitative estimate of drug-likeness (QED) is 0.467. The van der Waals surface area contributed by atoms with Gasteiger partial charge in [0.1, 0.15) is 0 Å². The molecule has 0 saturated carbocycles. The number of hydrogen-bond acceptors (Lipinski definition) is 4. The van der Waals surface area contributed by atoms with Gasteiger partial charge in [-0.3, -0.25) is 4.79 Å². The van der Waals surface area contributed by atoms with E-state index >= 15 is 0 Å². The molecule has 0 saturated heterocycles. The molecule has 60 valence electrons. The second-order valence-corrected chi connectivity index (χ2v) is 1.93. The highest BCUT2D eigenvalue weighted by molar-refractivity contribution is 5.73. The van der Waals surface area contributed by atoms with Gasteiger partial charge in [0.05, 0.1) is 5.56 Å². The summed E-state index contributed by atoms with van der Waals surface area (Å²) in [5.41, 5.74) is 0.626. The third-order valence-electron chi connectivity index (χ3n) is 1.15. The van der Waals surface area contributed by atoms with Crippen molar-refractivity contribution in [3.63, 3.8) is 0 Å². The Bertz CT molecular complexity index is 320. The molecule has 4 nitrogen and oxygen atoms in total. The third-order valence-corrected chi connectivity index (χ3v) is 1.15. The first-order valence-electron chi connectivity index (χ1n) is 3.32. The molecule has 0 aliphatic heterocycles. The fourth-order valence-corrected chi connectivity index (χ4v) is 0.634. The van der Waals surface area contributed by atoms with Crippen molar-refractivity contribution in [1.29, 1.82) is 0 Å². The van der Waals surface area contributed by atoms with E-state index in [0.29, 0.717) is 17.8 Å². The molecule has 0 spiro atoms. The molecule has 0 aliphatic carbocycles. The SMILES string of the molecule is CNc1ncc(C#CC=O)cn1. The van der Waals surface area contributed by atoms with E-state index < -0.39 is 0 Å². The van der Waals surface area contributed by atoms with E-state index in [4.69, 9.17) is 0 Å². The van der Waals surface area contributed by atoms with Crippen LogP contribution in [0.25, 0.3) is 0 Å². The van der Waals surface area contributed by atoms with E-state index in [9.17, 15) is 4.79 Å². The van der Waals surface area contributed by atoms with Gasteiger partial charge in [0.15, 0.2) is 6.29 Å². The van der Waals surface area contributed by atoms with Crippen LogP contribution >= 0.6 is 0 Å². The molecular formula is C8H7N3O. The van der Waals surface area contributed by atoms with Gasteiger partial charge in [0.25, 0.3) is 0 Å². The summed E-state index contributed by atoms with van der Waals surface area (Å²) >= 11 is 0. The number of rotatable bonds is 1. The molecule has 1 heterocycles. The van der Waals surface area contributed by atoms with Crippen molar-refractivity contribution in [2.45, 2.75) is 0 Å². The van der Waals surface area contributed by atoms with Crippen LogP contribution < -0.4 is 5.32 Å². The molecule has 0 amide bonds. The van der Waals surface area contributed by atoms with Gasteiger partial charge < -0.3 is 5.32 Å². The summed E-state index contributed by atoms with van der Waals surface area (Å²) in [5.74, 6) is 5.38. The van der Waals surface area contributed by atoms with Crippen LogP contribution in [0.4, 0.5) is 5.95 Å². The van der Waals surface area contributed by atoms with Crippen molar-refractivity contribution in [2.24, 2.45) is 0 Å². The van der Waals surface area contributed by atoms with Gasteiger partial charge in [0.2, 0.25) is 5.95 Å². The van der Waals surface area contributed by atoms with Crippen LogP contribution in [0.5, 0.6) is 0 Å². The Balaban J connectivity index is 2.84. The zero-order valence-corrected chi connectivity index (χ0v) is 6.53. The maximum absolute atomic E-state index is 9.87. The Kier molecular flexibility index (Phi) is 2.79. The van der Waals surface area contributed by atoms with Crippen LogP contribution in [0, 0.1) is 11.8 Å². The van der Waals surface area contributed by atoms with Gasteiger partial charge in [-0.2, -0.15) is 0 Å². The molecule has 0 fully saturated rings. The van der Waals surface area contributed by atoms with Gasteiger partial charge in [-0.25, -0.2) is 9.97 Å². The monoisotopic (exact) mass is 161 g/mol. The molecule has 4 heteroatoms. The standard InChI is InChI=1S/C8H7N3O/c1-9-8-10-5-7(6-11-8)3-2-4-12/h4-6H,1H3,(H,9,10,11). The van der Waals surface area contributed by atoms with E-state index in [2.05, 4.69) is 27.1 Å². The Morgan fingerprint density at radius 3 is 2.67 bits per heavy atom. The van der Waals surface area contributed by atoms with Gasteiger partial charge >= 0.3 is 0 Å². The smallest absolute Gasteiger partial charge is 0.222 e. The number of carbonyl (C=O) groups excluding carboxylic acids is 1. The zero-order chi connectivity index (χ0) is 8.81.